The minimum Gasteiger partial charge on any atom is -0.497 e. The smallest absolute Gasteiger partial charge is 0.265 e. The molecule has 0 fully saturated rings. The maximum absolute atomic E-state index is 14.3. The Kier molecular flexibility index (Phi) is 10.9. The van der Waals surface area contributed by atoms with Crippen LogP contribution in [-0.2, 0) is 26.2 Å². The standard InChI is InChI=1S/C29H34ClN3O8S/c1-19(29(35)31-2)32(17-20-7-9-21(30)10-8-20)28(34)18-33(24-15-22(38-3)11-13-25(24)39-4)42(36,37)23-12-14-26(40-5)27(16-23)41-6/h7-16,19H,17-18H2,1-6H3,(H,31,35). The number of sulfonamides is 1. The number of halogens is 1. The van der Waals surface area contributed by atoms with E-state index in [1.165, 1.54) is 70.7 Å². The summed E-state index contributed by atoms with van der Waals surface area (Å²) < 4.78 is 50.8. The molecule has 3 rings (SSSR count). The lowest BCUT2D eigenvalue weighted by molar-refractivity contribution is -0.139. The maximum atomic E-state index is 14.3. The molecule has 1 unspecified atom stereocenters. The minimum atomic E-state index is -4.43. The number of likely N-dealkylation sites (N-methyl/N-ethyl adjacent to an activating group) is 1. The van der Waals surface area contributed by atoms with E-state index in [-0.39, 0.29) is 28.6 Å². The molecule has 0 aromatic heterocycles. The third kappa shape index (κ3) is 7.18. The summed E-state index contributed by atoms with van der Waals surface area (Å²) in [5.41, 5.74) is 0.746. The molecule has 0 radical (unpaired) electrons. The van der Waals surface area contributed by atoms with Crippen LogP contribution in [0.3, 0.4) is 0 Å². The second-order valence-corrected chi connectivity index (χ2v) is 11.3. The van der Waals surface area contributed by atoms with E-state index in [0.29, 0.717) is 22.1 Å². The van der Waals surface area contributed by atoms with Crippen molar-refractivity contribution in [3.8, 4) is 23.0 Å². The molecule has 1 atom stereocenters. The molecular formula is C29H34ClN3O8S. The molecule has 3 aromatic carbocycles. The van der Waals surface area contributed by atoms with Crippen molar-refractivity contribution >= 4 is 39.1 Å². The maximum Gasteiger partial charge on any atom is 0.265 e. The highest BCUT2D eigenvalue weighted by Gasteiger charge is 2.34. The molecule has 3 aromatic rings. The van der Waals surface area contributed by atoms with E-state index in [2.05, 4.69) is 5.32 Å². The first kappa shape index (κ1) is 32.4. The van der Waals surface area contributed by atoms with Gasteiger partial charge in [-0.1, -0.05) is 23.7 Å². The lowest BCUT2D eigenvalue weighted by atomic mass is 10.1. The third-order valence-electron chi connectivity index (χ3n) is 6.56. The molecule has 0 aliphatic carbocycles. The van der Waals surface area contributed by atoms with Crippen molar-refractivity contribution < 1.29 is 37.0 Å². The number of carbonyl (C=O) groups is 2. The van der Waals surface area contributed by atoms with E-state index in [4.69, 9.17) is 30.5 Å². The number of methoxy groups -OCH3 is 4. The van der Waals surface area contributed by atoms with Crippen LogP contribution >= 0.6 is 11.6 Å². The Morgan fingerprint density at radius 3 is 2.05 bits per heavy atom. The summed E-state index contributed by atoms with van der Waals surface area (Å²) >= 11 is 6.03. The lowest BCUT2D eigenvalue weighted by Gasteiger charge is -2.32. The van der Waals surface area contributed by atoms with Gasteiger partial charge >= 0.3 is 0 Å². The lowest BCUT2D eigenvalue weighted by Crippen LogP contribution is -2.50. The van der Waals surface area contributed by atoms with Crippen LogP contribution in [0, 0.1) is 0 Å². The molecule has 13 heteroatoms. The van der Waals surface area contributed by atoms with Crippen LogP contribution in [-0.4, -0.2) is 73.2 Å². The monoisotopic (exact) mass is 619 g/mol. The van der Waals surface area contributed by atoms with Crippen LogP contribution in [0.25, 0.3) is 0 Å². The first-order valence-electron chi connectivity index (χ1n) is 12.7. The summed E-state index contributed by atoms with van der Waals surface area (Å²) in [4.78, 5) is 27.8. The number of nitrogens with one attached hydrogen (secondary N) is 1. The van der Waals surface area contributed by atoms with Gasteiger partial charge in [0, 0.05) is 30.7 Å². The highest BCUT2D eigenvalue weighted by atomic mass is 35.5. The van der Waals surface area contributed by atoms with Crippen molar-refractivity contribution in [3.05, 3.63) is 71.2 Å². The molecule has 1 N–H and O–H groups in total. The van der Waals surface area contributed by atoms with Crippen molar-refractivity contribution in [3.63, 3.8) is 0 Å². The molecule has 42 heavy (non-hydrogen) atoms. The van der Waals surface area contributed by atoms with Gasteiger partial charge in [0.15, 0.2) is 11.5 Å². The van der Waals surface area contributed by atoms with Crippen molar-refractivity contribution in [2.24, 2.45) is 0 Å². The number of rotatable bonds is 13. The molecule has 0 heterocycles. The number of carbonyl (C=O) groups excluding carboxylic acids is 2. The van der Waals surface area contributed by atoms with Crippen LogP contribution in [0.4, 0.5) is 5.69 Å². The van der Waals surface area contributed by atoms with Crippen LogP contribution in [0.15, 0.2) is 65.6 Å². The van der Waals surface area contributed by atoms with Gasteiger partial charge in [-0.3, -0.25) is 13.9 Å². The fourth-order valence-electron chi connectivity index (χ4n) is 4.19. The minimum absolute atomic E-state index is 0.0179. The van der Waals surface area contributed by atoms with Crippen molar-refractivity contribution in [2.45, 2.75) is 24.4 Å². The molecule has 0 saturated heterocycles. The van der Waals surface area contributed by atoms with Crippen LogP contribution in [0.1, 0.15) is 12.5 Å². The Morgan fingerprint density at radius 1 is 0.857 bits per heavy atom. The van der Waals surface area contributed by atoms with Gasteiger partial charge in [-0.25, -0.2) is 8.42 Å². The number of anilines is 1. The number of hydrogen-bond acceptors (Lipinski definition) is 8. The van der Waals surface area contributed by atoms with Gasteiger partial charge in [0.05, 0.1) is 39.0 Å². The largest absolute Gasteiger partial charge is 0.497 e. The zero-order valence-corrected chi connectivity index (χ0v) is 25.8. The van der Waals surface area contributed by atoms with Crippen molar-refractivity contribution in [1.29, 1.82) is 0 Å². The molecule has 0 bridgehead atoms. The molecule has 0 spiro atoms. The number of hydrogen-bond donors (Lipinski definition) is 1. The topological polar surface area (TPSA) is 124 Å². The second-order valence-electron chi connectivity index (χ2n) is 9.00. The average molecular weight is 620 g/mol. The zero-order chi connectivity index (χ0) is 31.0. The van der Waals surface area contributed by atoms with E-state index in [0.717, 1.165) is 4.31 Å². The summed E-state index contributed by atoms with van der Waals surface area (Å²) in [7, 11) is 2.66. The second kappa shape index (κ2) is 14.1. The Hall–Kier alpha value is -4.16. The quantitative estimate of drug-likeness (QED) is 0.307. The van der Waals surface area contributed by atoms with Gasteiger partial charge < -0.3 is 29.2 Å². The third-order valence-corrected chi connectivity index (χ3v) is 8.56. The van der Waals surface area contributed by atoms with Crippen LogP contribution < -0.4 is 28.6 Å². The first-order valence-corrected chi connectivity index (χ1v) is 14.5. The number of ether oxygens (including phenoxy) is 4. The van der Waals surface area contributed by atoms with Gasteiger partial charge in [0.25, 0.3) is 10.0 Å². The first-order chi connectivity index (χ1) is 20.0. The highest BCUT2D eigenvalue weighted by Crippen LogP contribution is 2.37. The predicted octanol–water partition coefficient (Wildman–Crippen LogP) is 3.73. The molecule has 0 aliphatic rings. The van der Waals surface area contributed by atoms with E-state index < -0.39 is 34.4 Å². The highest BCUT2D eigenvalue weighted by molar-refractivity contribution is 7.92. The summed E-state index contributed by atoms with van der Waals surface area (Å²) in [6.45, 7) is 0.908. The van der Waals surface area contributed by atoms with Gasteiger partial charge in [-0.2, -0.15) is 0 Å². The predicted molar refractivity (Wildman–Crippen MR) is 159 cm³/mol. The fourth-order valence-corrected chi connectivity index (χ4v) is 5.75. The van der Waals surface area contributed by atoms with Crippen LogP contribution in [0.2, 0.25) is 5.02 Å². The summed E-state index contributed by atoms with van der Waals surface area (Å²) in [5, 5.41) is 3.05. The fraction of sp³-hybridized carbons (Fsp3) is 0.310. The molecule has 226 valence electrons. The summed E-state index contributed by atoms with van der Waals surface area (Å²) in [6, 6.07) is 14.5. The zero-order valence-electron chi connectivity index (χ0n) is 24.2. The Bertz CT molecular complexity index is 1520. The van der Waals surface area contributed by atoms with E-state index >= 15 is 0 Å². The van der Waals surface area contributed by atoms with Crippen molar-refractivity contribution in [2.75, 3.05) is 46.3 Å². The molecule has 0 aliphatic heterocycles. The summed E-state index contributed by atoms with van der Waals surface area (Å²) in [6.07, 6.45) is 0. The van der Waals surface area contributed by atoms with E-state index in [1.54, 1.807) is 37.3 Å². The normalized spacial score (nSPS) is 11.7. The van der Waals surface area contributed by atoms with Gasteiger partial charge in [0.2, 0.25) is 11.8 Å². The van der Waals surface area contributed by atoms with E-state index in [9.17, 15) is 18.0 Å². The number of amides is 2. The molecule has 11 nitrogen and oxygen atoms in total. The SMILES string of the molecule is CNC(=O)C(C)N(Cc1ccc(Cl)cc1)C(=O)CN(c1cc(OC)ccc1OC)S(=O)(=O)c1ccc(OC)c(OC)c1. The summed E-state index contributed by atoms with van der Waals surface area (Å²) in [5.74, 6) is -0.0500. The molecular weight excluding hydrogens is 586 g/mol. The Morgan fingerprint density at radius 2 is 1.48 bits per heavy atom. The number of benzene rings is 3. The van der Waals surface area contributed by atoms with Gasteiger partial charge in [-0.15, -0.1) is 0 Å². The average Bonchev–Trinajstić information content (AvgIpc) is 3.01. The molecule has 2 amide bonds. The number of nitrogens with zero attached hydrogens (tertiary/aromatic N) is 2. The van der Waals surface area contributed by atoms with E-state index in [1.807, 2.05) is 0 Å². The van der Waals surface area contributed by atoms with Crippen LogP contribution in [0.5, 0.6) is 23.0 Å². The Balaban J connectivity index is 2.17. The van der Waals surface area contributed by atoms with Gasteiger partial charge in [0.1, 0.15) is 24.1 Å². The van der Waals surface area contributed by atoms with Crippen molar-refractivity contribution in [1.82, 2.24) is 10.2 Å². The molecule has 0 saturated carbocycles. The van der Waals surface area contributed by atoms with Gasteiger partial charge in [-0.05, 0) is 48.9 Å². The Labute approximate surface area is 250 Å².